The molecule has 0 aliphatic carbocycles. The molecule has 0 amide bonds. The third-order valence-corrected chi connectivity index (χ3v) is 28.2. The van der Waals surface area contributed by atoms with Crippen LogP contribution in [0.3, 0.4) is 0 Å². The van der Waals surface area contributed by atoms with Crippen LogP contribution < -0.4 is 9.81 Å². The minimum absolute atomic E-state index is 0.273. The van der Waals surface area contributed by atoms with Gasteiger partial charge in [0.2, 0.25) is 0 Å². The second-order valence-electron chi connectivity index (χ2n) is 8.06. The van der Waals surface area contributed by atoms with E-state index in [0.717, 1.165) is 25.7 Å². The molecule has 0 aromatic heterocycles. The molecule has 0 bridgehead atoms. The van der Waals surface area contributed by atoms with Crippen LogP contribution in [-0.4, -0.2) is 39.4 Å². The fraction of sp³-hybridized carbons (Fsp3) is 0.286. The molecule has 174 valence electrons. The molecule has 0 fully saturated rings. The molecule has 0 aliphatic heterocycles. The molecule has 0 spiro atoms. The van der Waals surface area contributed by atoms with Crippen molar-refractivity contribution in [1.29, 1.82) is 0 Å². The topological polar surface area (TPSA) is 52.6 Å². The van der Waals surface area contributed by atoms with Crippen molar-refractivity contribution in [3.8, 4) is 0 Å². The van der Waals surface area contributed by atoms with Crippen LogP contribution in [0.5, 0.6) is 0 Å². The van der Waals surface area contributed by atoms with Crippen LogP contribution in [0.1, 0.15) is 39.5 Å². The Kier molecular flexibility index (Phi) is 8.80. The summed E-state index contributed by atoms with van der Waals surface area (Å²) in [6.07, 6.45) is 3.25. The van der Waals surface area contributed by atoms with Crippen LogP contribution in [-0.2, 0) is 9.47 Å². The summed E-state index contributed by atoms with van der Waals surface area (Å²) in [5.74, 6) is 0. The van der Waals surface area contributed by atoms with Crippen molar-refractivity contribution in [2.75, 3.05) is 13.2 Å². The van der Waals surface area contributed by atoms with Crippen LogP contribution in [0.15, 0.2) is 91.0 Å². The van der Waals surface area contributed by atoms with E-state index in [4.69, 9.17) is 9.47 Å². The van der Waals surface area contributed by atoms with Crippen LogP contribution >= 0.6 is 0 Å². The van der Waals surface area contributed by atoms with Gasteiger partial charge in [0.25, 0.3) is 0 Å². The van der Waals surface area contributed by atoms with Gasteiger partial charge >= 0.3 is 199 Å². The van der Waals surface area contributed by atoms with E-state index < -0.39 is 26.1 Å². The van der Waals surface area contributed by atoms with Crippen LogP contribution in [0.25, 0.3) is 0 Å². The SMILES string of the molecule is CCCCO[C](=O)[Bi]([C](=O)OCCCC)([c]1ccccc1)([c]1ccccc1)[c]1ccccc1. The summed E-state index contributed by atoms with van der Waals surface area (Å²) >= 11 is -5.92. The zero-order valence-corrected chi connectivity index (χ0v) is 23.0. The van der Waals surface area contributed by atoms with E-state index in [-0.39, 0.29) is 13.2 Å². The predicted octanol–water partition coefficient (Wildman–Crippen LogP) is 5.15. The first-order valence-electron chi connectivity index (χ1n) is 11.7. The molecule has 4 nitrogen and oxygen atoms in total. The average Bonchev–Trinajstić information content (AvgIpc) is 2.87. The molecule has 0 radical (unpaired) electrons. The van der Waals surface area contributed by atoms with Gasteiger partial charge in [0.05, 0.1) is 0 Å². The van der Waals surface area contributed by atoms with Crippen LogP contribution in [0.2, 0.25) is 0 Å². The number of unbranched alkanes of at least 4 members (excludes halogenated alkanes) is 2. The molecule has 33 heavy (non-hydrogen) atoms. The summed E-state index contributed by atoms with van der Waals surface area (Å²) in [6.45, 7) is 4.64. The van der Waals surface area contributed by atoms with Crippen molar-refractivity contribution in [2.24, 2.45) is 0 Å². The van der Waals surface area contributed by atoms with Gasteiger partial charge in [0.15, 0.2) is 0 Å². The van der Waals surface area contributed by atoms with Crippen molar-refractivity contribution >= 4 is 36.0 Å². The molecule has 0 saturated carbocycles. The Labute approximate surface area is 198 Å². The van der Waals surface area contributed by atoms with Gasteiger partial charge in [0, 0.05) is 0 Å². The summed E-state index contributed by atoms with van der Waals surface area (Å²) in [5, 5.41) is 0. The van der Waals surface area contributed by atoms with E-state index >= 15 is 0 Å². The first-order valence-corrected chi connectivity index (χ1v) is 20.4. The second kappa shape index (κ2) is 11.6. The number of hydrogen-bond acceptors (Lipinski definition) is 4. The zero-order chi connectivity index (χ0) is 23.6. The minimum atomic E-state index is -5.92. The summed E-state index contributed by atoms with van der Waals surface area (Å²) in [5.41, 5.74) is 0. The van der Waals surface area contributed by atoms with Crippen molar-refractivity contribution in [1.82, 2.24) is 0 Å². The first-order chi connectivity index (χ1) is 16.1. The van der Waals surface area contributed by atoms with Crippen LogP contribution in [0, 0.1) is 0 Å². The number of carbonyl (C=O) groups excluding carboxylic acids is 2. The van der Waals surface area contributed by atoms with Crippen molar-refractivity contribution in [3.63, 3.8) is 0 Å². The molecule has 5 heteroatoms. The summed E-state index contributed by atoms with van der Waals surface area (Å²) in [6, 6.07) is 28.4. The molecule has 3 rings (SSSR count). The molecule has 0 atom stereocenters. The second-order valence-corrected chi connectivity index (χ2v) is 25.6. The van der Waals surface area contributed by atoms with Gasteiger partial charge in [-0.1, -0.05) is 0 Å². The van der Waals surface area contributed by atoms with E-state index in [1.54, 1.807) is 0 Å². The average molecular weight is 643 g/mol. The maximum absolute atomic E-state index is 14.5. The molecule has 3 aromatic rings. The Morgan fingerprint density at radius 3 is 1.15 bits per heavy atom. The quantitative estimate of drug-likeness (QED) is 0.215. The van der Waals surface area contributed by atoms with Crippen molar-refractivity contribution in [2.45, 2.75) is 39.5 Å². The number of rotatable bonds is 11. The van der Waals surface area contributed by atoms with Gasteiger partial charge < -0.3 is 0 Å². The third-order valence-electron chi connectivity index (χ3n) is 5.99. The Hall–Kier alpha value is -2.52. The Morgan fingerprint density at radius 1 is 0.576 bits per heavy atom. The fourth-order valence-electron chi connectivity index (χ4n) is 4.20. The number of ether oxygens (including phenoxy) is 2. The Bertz CT molecular complexity index is 910. The van der Waals surface area contributed by atoms with Gasteiger partial charge in [-0.05, 0) is 0 Å². The molecule has 0 saturated heterocycles. The third kappa shape index (κ3) is 4.36. The summed E-state index contributed by atoms with van der Waals surface area (Å²) in [4.78, 5) is 29.0. The fourth-order valence-corrected chi connectivity index (χ4v) is 24.9. The standard InChI is InChI=1S/3C6H5.2C5H9O2.Bi/c3*1-2-4-6-5-3-1;2*1-2-3-4-7-5-6;/h3*1-5H;2*2-4H2,1H3;. The van der Waals surface area contributed by atoms with E-state index in [2.05, 4.69) is 0 Å². The van der Waals surface area contributed by atoms with E-state index in [0.29, 0.717) is 9.81 Å². The summed E-state index contributed by atoms with van der Waals surface area (Å²) < 4.78 is 13.3. The van der Waals surface area contributed by atoms with E-state index in [1.807, 2.05) is 105 Å². The number of hydrogen-bond donors (Lipinski definition) is 0. The van der Waals surface area contributed by atoms with Gasteiger partial charge in [-0.2, -0.15) is 0 Å². The van der Waals surface area contributed by atoms with E-state index in [1.165, 1.54) is 0 Å². The van der Waals surface area contributed by atoms with E-state index in [9.17, 15) is 9.59 Å². The van der Waals surface area contributed by atoms with Crippen molar-refractivity contribution < 1.29 is 19.1 Å². The zero-order valence-electron chi connectivity index (χ0n) is 19.5. The Morgan fingerprint density at radius 2 is 0.879 bits per heavy atom. The van der Waals surface area contributed by atoms with Gasteiger partial charge in [-0.25, -0.2) is 0 Å². The van der Waals surface area contributed by atoms with Gasteiger partial charge in [-0.15, -0.1) is 0 Å². The molecular formula is C28H33BiO4. The number of carbonyl (C=O) groups is 2. The molecule has 0 aliphatic rings. The van der Waals surface area contributed by atoms with Crippen molar-refractivity contribution in [3.05, 3.63) is 91.0 Å². The molecule has 3 aromatic carbocycles. The van der Waals surface area contributed by atoms with Crippen LogP contribution in [0.4, 0.5) is 9.59 Å². The first kappa shape index (κ1) is 25.1. The molecule has 0 heterocycles. The maximum atomic E-state index is 14.5. The molecule has 0 N–H and O–H groups in total. The normalized spacial score (nSPS) is 12.4. The monoisotopic (exact) mass is 642 g/mol. The molecule has 0 unspecified atom stereocenters. The Balaban J connectivity index is 2.46. The number of benzene rings is 3. The van der Waals surface area contributed by atoms with Gasteiger partial charge in [-0.3, -0.25) is 0 Å². The van der Waals surface area contributed by atoms with Gasteiger partial charge in [0.1, 0.15) is 0 Å². The predicted molar refractivity (Wildman–Crippen MR) is 136 cm³/mol. The molecular weight excluding hydrogens is 609 g/mol. The summed E-state index contributed by atoms with van der Waals surface area (Å²) in [7, 11) is 0.